The summed E-state index contributed by atoms with van der Waals surface area (Å²) in [6.45, 7) is 4.40. The molecule has 0 fully saturated rings. The number of halogens is 1. The normalized spacial score (nSPS) is 12.8. The van der Waals surface area contributed by atoms with Crippen LogP contribution in [-0.4, -0.2) is 7.11 Å². The Morgan fingerprint density at radius 3 is 2.33 bits per heavy atom. The lowest BCUT2D eigenvalue weighted by molar-refractivity contribution is 0.350. The summed E-state index contributed by atoms with van der Waals surface area (Å²) in [6.07, 6.45) is 4.60. The fourth-order valence-corrected chi connectivity index (χ4v) is 2.65. The molecule has 0 amide bonds. The predicted octanol–water partition coefficient (Wildman–Crippen LogP) is 4.56. The van der Waals surface area contributed by atoms with Gasteiger partial charge in [-0.05, 0) is 37.0 Å². The van der Waals surface area contributed by atoms with Crippen molar-refractivity contribution < 1.29 is 4.74 Å². The van der Waals surface area contributed by atoms with E-state index in [2.05, 4.69) is 13.8 Å². The minimum Gasteiger partial charge on any atom is -0.496 e. The van der Waals surface area contributed by atoms with E-state index in [-0.39, 0.29) is 6.04 Å². The molecule has 0 aliphatic heterocycles. The molecule has 0 heterocycles. The van der Waals surface area contributed by atoms with Gasteiger partial charge in [-0.3, -0.25) is 0 Å². The van der Waals surface area contributed by atoms with E-state index in [0.717, 1.165) is 37.0 Å². The molecule has 2 nitrogen and oxygen atoms in total. The maximum Gasteiger partial charge on any atom is 0.123 e. The van der Waals surface area contributed by atoms with Gasteiger partial charge in [0.25, 0.3) is 0 Å². The van der Waals surface area contributed by atoms with Crippen LogP contribution in [0, 0.1) is 5.92 Å². The monoisotopic (exact) mass is 269 g/mol. The van der Waals surface area contributed by atoms with Crippen molar-refractivity contribution in [3.63, 3.8) is 0 Å². The first kappa shape index (κ1) is 15.3. The van der Waals surface area contributed by atoms with E-state index >= 15 is 0 Å². The fourth-order valence-electron chi connectivity index (χ4n) is 2.46. The van der Waals surface area contributed by atoms with Crippen LogP contribution in [0.1, 0.15) is 51.1 Å². The van der Waals surface area contributed by atoms with E-state index < -0.39 is 0 Å². The molecule has 1 aromatic carbocycles. The van der Waals surface area contributed by atoms with Crippen LogP contribution in [0.25, 0.3) is 0 Å². The van der Waals surface area contributed by atoms with Crippen LogP contribution < -0.4 is 10.5 Å². The molecule has 0 bridgehead atoms. The molecule has 0 spiro atoms. The third-order valence-corrected chi connectivity index (χ3v) is 3.61. The molecule has 0 aliphatic carbocycles. The van der Waals surface area contributed by atoms with E-state index in [1.165, 1.54) is 0 Å². The topological polar surface area (TPSA) is 35.2 Å². The lowest BCUT2D eigenvalue weighted by Crippen LogP contribution is -2.22. The molecule has 1 rings (SSSR count). The van der Waals surface area contributed by atoms with E-state index in [4.69, 9.17) is 22.1 Å². The number of nitrogens with two attached hydrogens (primary N) is 1. The van der Waals surface area contributed by atoms with Crippen molar-refractivity contribution in [3.05, 3.63) is 28.8 Å². The summed E-state index contributed by atoms with van der Waals surface area (Å²) in [5, 5.41) is 0.716. The van der Waals surface area contributed by atoms with E-state index in [1.54, 1.807) is 7.11 Å². The summed E-state index contributed by atoms with van der Waals surface area (Å²) in [5.41, 5.74) is 7.44. The van der Waals surface area contributed by atoms with Crippen molar-refractivity contribution in [3.8, 4) is 5.75 Å². The second-order valence-electron chi connectivity index (χ2n) is 4.75. The van der Waals surface area contributed by atoms with Crippen LogP contribution in [-0.2, 0) is 0 Å². The summed E-state index contributed by atoms with van der Waals surface area (Å²) >= 11 is 6.07. The maximum absolute atomic E-state index is 6.42. The Balaban J connectivity index is 2.98. The Labute approximate surface area is 115 Å². The molecule has 18 heavy (non-hydrogen) atoms. The Morgan fingerprint density at radius 2 is 1.83 bits per heavy atom. The number of benzene rings is 1. The van der Waals surface area contributed by atoms with Gasteiger partial charge in [-0.2, -0.15) is 0 Å². The van der Waals surface area contributed by atoms with Crippen molar-refractivity contribution in [2.45, 2.75) is 45.6 Å². The molecule has 3 heteroatoms. The van der Waals surface area contributed by atoms with Gasteiger partial charge in [0, 0.05) is 16.6 Å². The third kappa shape index (κ3) is 3.89. The van der Waals surface area contributed by atoms with Crippen molar-refractivity contribution in [2.24, 2.45) is 11.7 Å². The van der Waals surface area contributed by atoms with Crippen LogP contribution in [0.2, 0.25) is 5.02 Å². The molecule has 102 valence electrons. The van der Waals surface area contributed by atoms with Crippen LogP contribution in [0.4, 0.5) is 0 Å². The van der Waals surface area contributed by atoms with Gasteiger partial charge in [-0.25, -0.2) is 0 Å². The SMILES string of the molecule is CCCC(CCC)C(N)c1cc(Cl)ccc1OC. The summed E-state index contributed by atoms with van der Waals surface area (Å²) < 4.78 is 5.39. The molecule has 0 saturated heterocycles. The smallest absolute Gasteiger partial charge is 0.123 e. The zero-order chi connectivity index (χ0) is 13.5. The summed E-state index contributed by atoms with van der Waals surface area (Å²) in [6, 6.07) is 5.67. The van der Waals surface area contributed by atoms with E-state index in [9.17, 15) is 0 Å². The average molecular weight is 270 g/mol. The summed E-state index contributed by atoms with van der Waals surface area (Å²) in [7, 11) is 1.67. The zero-order valence-electron chi connectivity index (χ0n) is 11.6. The molecule has 1 atom stereocenters. The molecule has 2 N–H and O–H groups in total. The molecular formula is C15H24ClNO. The minimum absolute atomic E-state index is 0.00134. The van der Waals surface area contributed by atoms with Gasteiger partial charge < -0.3 is 10.5 Å². The Kier molecular flexibility index (Phi) is 6.51. The number of methoxy groups -OCH3 is 1. The number of hydrogen-bond donors (Lipinski definition) is 1. The van der Waals surface area contributed by atoms with E-state index in [1.807, 2.05) is 18.2 Å². The highest BCUT2D eigenvalue weighted by Gasteiger charge is 2.21. The largest absolute Gasteiger partial charge is 0.496 e. The first-order chi connectivity index (χ1) is 8.63. The third-order valence-electron chi connectivity index (χ3n) is 3.38. The molecule has 0 aromatic heterocycles. The maximum atomic E-state index is 6.42. The van der Waals surface area contributed by atoms with Crippen molar-refractivity contribution in [1.29, 1.82) is 0 Å². The van der Waals surface area contributed by atoms with Gasteiger partial charge in [-0.15, -0.1) is 0 Å². The molecular weight excluding hydrogens is 246 g/mol. The number of hydrogen-bond acceptors (Lipinski definition) is 2. The highest BCUT2D eigenvalue weighted by Crippen LogP contribution is 2.34. The van der Waals surface area contributed by atoms with E-state index in [0.29, 0.717) is 10.9 Å². The first-order valence-corrected chi connectivity index (χ1v) is 7.10. The molecule has 0 saturated carbocycles. The van der Waals surface area contributed by atoms with Crippen LogP contribution in [0.15, 0.2) is 18.2 Å². The van der Waals surface area contributed by atoms with Gasteiger partial charge in [-0.1, -0.05) is 38.3 Å². The second-order valence-corrected chi connectivity index (χ2v) is 5.19. The van der Waals surface area contributed by atoms with Crippen LogP contribution >= 0.6 is 11.6 Å². The van der Waals surface area contributed by atoms with Gasteiger partial charge in [0.2, 0.25) is 0 Å². The Bertz CT molecular complexity index is 362. The van der Waals surface area contributed by atoms with Crippen LogP contribution in [0.5, 0.6) is 5.75 Å². The van der Waals surface area contributed by atoms with Gasteiger partial charge >= 0.3 is 0 Å². The Morgan fingerprint density at radius 1 is 1.22 bits per heavy atom. The summed E-state index contributed by atoms with van der Waals surface area (Å²) in [4.78, 5) is 0. The molecule has 0 radical (unpaired) electrons. The number of rotatable bonds is 7. The highest BCUT2D eigenvalue weighted by atomic mass is 35.5. The zero-order valence-corrected chi connectivity index (χ0v) is 12.3. The lowest BCUT2D eigenvalue weighted by Gasteiger charge is -2.25. The predicted molar refractivity (Wildman–Crippen MR) is 78.2 cm³/mol. The van der Waals surface area contributed by atoms with Crippen LogP contribution in [0.3, 0.4) is 0 Å². The fraction of sp³-hybridized carbons (Fsp3) is 0.600. The summed E-state index contributed by atoms with van der Waals surface area (Å²) in [5.74, 6) is 1.33. The quantitative estimate of drug-likeness (QED) is 0.787. The standard InChI is InChI=1S/C15H24ClNO/c1-4-6-11(7-5-2)15(17)13-10-12(16)8-9-14(13)18-3/h8-11,15H,4-7,17H2,1-3H3. The average Bonchev–Trinajstić information content (AvgIpc) is 2.37. The first-order valence-electron chi connectivity index (χ1n) is 6.73. The highest BCUT2D eigenvalue weighted by molar-refractivity contribution is 6.30. The number of ether oxygens (including phenoxy) is 1. The van der Waals surface area contributed by atoms with Crippen molar-refractivity contribution >= 4 is 11.6 Å². The second kappa shape index (κ2) is 7.65. The Hall–Kier alpha value is -0.730. The molecule has 0 aliphatic rings. The van der Waals surface area contributed by atoms with Crippen molar-refractivity contribution in [2.75, 3.05) is 7.11 Å². The minimum atomic E-state index is -0.00134. The van der Waals surface area contributed by atoms with Gasteiger partial charge in [0.15, 0.2) is 0 Å². The lowest BCUT2D eigenvalue weighted by atomic mass is 9.86. The molecule has 1 unspecified atom stereocenters. The van der Waals surface area contributed by atoms with Gasteiger partial charge in [0.1, 0.15) is 5.75 Å². The van der Waals surface area contributed by atoms with Gasteiger partial charge in [0.05, 0.1) is 7.11 Å². The molecule has 1 aromatic rings. The van der Waals surface area contributed by atoms with Crippen molar-refractivity contribution in [1.82, 2.24) is 0 Å².